The van der Waals surface area contributed by atoms with E-state index in [9.17, 15) is 0 Å². The van der Waals surface area contributed by atoms with Crippen LogP contribution in [0.3, 0.4) is 0 Å². The van der Waals surface area contributed by atoms with Gasteiger partial charge in [0, 0.05) is 30.4 Å². The first kappa shape index (κ1) is 9.36. The molecule has 5 heteroatoms. The highest BCUT2D eigenvalue weighted by Crippen LogP contribution is 2.07. The minimum Gasteiger partial charge on any atom is -0.347 e. The number of H-pyrrole nitrogens is 1. The summed E-state index contributed by atoms with van der Waals surface area (Å²) in [6, 6.07) is 0. The smallest absolute Gasteiger partial charge is 0.0922 e. The third kappa shape index (κ3) is 2.40. The molecule has 74 valence electrons. The quantitative estimate of drug-likeness (QED) is 0.800. The van der Waals surface area contributed by atoms with Crippen LogP contribution in [-0.2, 0) is 13.1 Å². The van der Waals surface area contributed by atoms with Crippen LogP contribution in [0.2, 0.25) is 0 Å². The van der Waals surface area contributed by atoms with E-state index in [-0.39, 0.29) is 0 Å². The maximum absolute atomic E-state index is 4.36. The Bertz CT molecular complexity index is 379. The number of hydrogen-bond donors (Lipinski definition) is 2. The molecule has 0 aliphatic rings. The summed E-state index contributed by atoms with van der Waals surface area (Å²) < 4.78 is 0. The number of hydrogen-bond acceptors (Lipinski definition) is 4. The lowest BCUT2D eigenvalue weighted by Crippen LogP contribution is -2.13. The van der Waals surface area contributed by atoms with Crippen molar-refractivity contribution >= 4 is 11.3 Å². The second-order valence-corrected chi connectivity index (χ2v) is 4.10. The Hall–Kier alpha value is -1.20. The van der Waals surface area contributed by atoms with Gasteiger partial charge >= 0.3 is 0 Å². The van der Waals surface area contributed by atoms with E-state index in [0.717, 1.165) is 29.5 Å². The van der Waals surface area contributed by atoms with Gasteiger partial charge in [0.15, 0.2) is 0 Å². The third-order valence-corrected chi connectivity index (χ3v) is 2.67. The first-order valence-electron chi connectivity index (χ1n) is 4.43. The zero-order valence-electron chi connectivity index (χ0n) is 7.95. The minimum absolute atomic E-state index is 0.802. The molecule has 2 aromatic heterocycles. The summed E-state index contributed by atoms with van der Waals surface area (Å²) >= 11 is 1.68. The fraction of sp³-hybridized carbons (Fsp3) is 0.333. The maximum atomic E-state index is 4.36. The molecule has 0 atom stereocenters. The van der Waals surface area contributed by atoms with Crippen molar-refractivity contribution in [2.45, 2.75) is 20.0 Å². The first-order valence-corrected chi connectivity index (χ1v) is 5.31. The van der Waals surface area contributed by atoms with Gasteiger partial charge < -0.3 is 10.3 Å². The van der Waals surface area contributed by atoms with E-state index in [0.29, 0.717) is 0 Å². The number of imidazole rings is 1. The van der Waals surface area contributed by atoms with Gasteiger partial charge in [-0.05, 0) is 6.92 Å². The van der Waals surface area contributed by atoms with E-state index in [1.54, 1.807) is 17.7 Å². The highest BCUT2D eigenvalue weighted by molar-refractivity contribution is 7.09. The van der Waals surface area contributed by atoms with Gasteiger partial charge in [0.05, 0.1) is 17.0 Å². The molecular weight excluding hydrogens is 196 g/mol. The lowest BCUT2D eigenvalue weighted by molar-refractivity contribution is 0.671. The summed E-state index contributed by atoms with van der Waals surface area (Å²) in [4.78, 5) is 11.3. The lowest BCUT2D eigenvalue weighted by atomic mass is 10.4. The monoisotopic (exact) mass is 208 g/mol. The van der Waals surface area contributed by atoms with Gasteiger partial charge in [0.1, 0.15) is 0 Å². The van der Waals surface area contributed by atoms with Crippen LogP contribution in [0.15, 0.2) is 17.9 Å². The molecule has 0 spiro atoms. The SMILES string of the molecule is Cc1nc(CNCc2cnc[nH]2)cs1. The van der Waals surface area contributed by atoms with Gasteiger partial charge in [-0.25, -0.2) is 9.97 Å². The molecule has 2 rings (SSSR count). The van der Waals surface area contributed by atoms with Crippen LogP contribution in [0.4, 0.5) is 0 Å². The van der Waals surface area contributed by atoms with Crippen LogP contribution in [0.5, 0.6) is 0 Å². The summed E-state index contributed by atoms with van der Waals surface area (Å²) in [6.45, 7) is 3.63. The molecule has 4 nitrogen and oxygen atoms in total. The number of aromatic amines is 1. The Morgan fingerprint density at radius 3 is 3.07 bits per heavy atom. The van der Waals surface area contributed by atoms with Crippen LogP contribution in [0, 0.1) is 6.92 Å². The summed E-state index contributed by atoms with van der Waals surface area (Å²) in [5.74, 6) is 0. The number of rotatable bonds is 4. The van der Waals surface area contributed by atoms with E-state index >= 15 is 0 Å². The molecule has 2 heterocycles. The van der Waals surface area contributed by atoms with Gasteiger partial charge in [0.25, 0.3) is 0 Å². The van der Waals surface area contributed by atoms with Gasteiger partial charge in [-0.15, -0.1) is 11.3 Å². The van der Waals surface area contributed by atoms with Crippen LogP contribution < -0.4 is 5.32 Å². The summed E-state index contributed by atoms with van der Waals surface area (Å²) in [5.41, 5.74) is 2.20. The number of aromatic nitrogens is 3. The Morgan fingerprint density at radius 1 is 1.50 bits per heavy atom. The standard InChI is InChI=1S/C9H12N4S/c1-7-13-9(5-14-7)4-10-2-8-3-11-6-12-8/h3,5-6,10H,2,4H2,1H3,(H,11,12). The van der Waals surface area contributed by atoms with Crippen LogP contribution in [-0.4, -0.2) is 15.0 Å². The predicted octanol–water partition coefficient (Wildman–Crippen LogP) is 1.46. The Labute approximate surface area is 86.4 Å². The zero-order chi connectivity index (χ0) is 9.80. The minimum atomic E-state index is 0.802. The van der Waals surface area contributed by atoms with E-state index in [1.807, 2.05) is 13.1 Å². The van der Waals surface area contributed by atoms with Crippen molar-refractivity contribution in [3.8, 4) is 0 Å². The topological polar surface area (TPSA) is 53.6 Å². The molecule has 0 aliphatic carbocycles. The molecule has 0 saturated carbocycles. The average Bonchev–Trinajstić information content (AvgIpc) is 2.77. The van der Waals surface area contributed by atoms with Crippen LogP contribution in [0.1, 0.15) is 16.4 Å². The van der Waals surface area contributed by atoms with Gasteiger partial charge in [-0.2, -0.15) is 0 Å². The molecule has 0 fully saturated rings. The fourth-order valence-electron chi connectivity index (χ4n) is 1.20. The molecule has 0 bridgehead atoms. The maximum Gasteiger partial charge on any atom is 0.0922 e. The average molecular weight is 208 g/mol. The van der Waals surface area contributed by atoms with Gasteiger partial charge in [0.2, 0.25) is 0 Å². The summed E-state index contributed by atoms with van der Waals surface area (Å²) in [6.07, 6.45) is 3.50. The summed E-state index contributed by atoms with van der Waals surface area (Å²) in [7, 11) is 0. The molecule has 2 aromatic rings. The first-order chi connectivity index (χ1) is 6.84. The number of nitrogens with one attached hydrogen (secondary N) is 2. The molecular formula is C9H12N4S. The fourth-order valence-corrected chi connectivity index (χ4v) is 1.81. The number of thiazole rings is 1. The molecule has 0 unspecified atom stereocenters. The summed E-state index contributed by atoms with van der Waals surface area (Å²) in [5, 5.41) is 6.48. The molecule has 0 radical (unpaired) electrons. The third-order valence-electron chi connectivity index (χ3n) is 1.84. The number of aryl methyl sites for hydroxylation is 1. The van der Waals surface area contributed by atoms with E-state index < -0.39 is 0 Å². The van der Waals surface area contributed by atoms with Crippen molar-refractivity contribution in [1.82, 2.24) is 20.3 Å². The predicted molar refractivity (Wildman–Crippen MR) is 56.0 cm³/mol. The lowest BCUT2D eigenvalue weighted by Gasteiger charge is -1.99. The van der Waals surface area contributed by atoms with Crippen LogP contribution in [0.25, 0.3) is 0 Å². The van der Waals surface area contributed by atoms with E-state index in [2.05, 4.69) is 25.6 Å². The van der Waals surface area contributed by atoms with Crippen molar-refractivity contribution in [3.05, 3.63) is 34.3 Å². The molecule has 0 saturated heterocycles. The van der Waals surface area contributed by atoms with E-state index in [4.69, 9.17) is 0 Å². The van der Waals surface area contributed by atoms with Crippen molar-refractivity contribution in [2.75, 3.05) is 0 Å². The largest absolute Gasteiger partial charge is 0.347 e. The zero-order valence-corrected chi connectivity index (χ0v) is 8.77. The number of nitrogens with zero attached hydrogens (tertiary/aromatic N) is 2. The molecule has 14 heavy (non-hydrogen) atoms. The molecule has 0 aromatic carbocycles. The second-order valence-electron chi connectivity index (χ2n) is 3.04. The normalized spacial score (nSPS) is 10.6. The molecule has 0 aliphatic heterocycles. The van der Waals surface area contributed by atoms with Gasteiger partial charge in [-0.3, -0.25) is 0 Å². The van der Waals surface area contributed by atoms with Gasteiger partial charge in [-0.1, -0.05) is 0 Å². The second kappa shape index (κ2) is 4.34. The van der Waals surface area contributed by atoms with Crippen LogP contribution >= 0.6 is 11.3 Å². The Kier molecular flexibility index (Phi) is 2.90. The highest BCUT2D eigenvalue weighted by atomic mass is 32.1. The molecule has 0 amide bonds. The van der Waals surface area contributed by atoms with E-state index in [1.165, 1.54) is 0 Å². The Morgan fingerprint density at radius 2 is 2.43 bits per heavy atom. The van der Waals surface area contributed by atoms with Crippen molar-refractivity contribution in [2.24, 2.45) is 0 Å². The molecule has 2 N–H and O–H groups in total. The van der Waals surface area contributed by atoms with Crippen molar-refractivity contribution in [1.29, 1.82) is 0 Å². The Balaban J connectivity index is 1.78. The highest BCUT2D eigenvalue weighted by Gasteiger charge is 1.98. The van der Waals surface area contributed by atoms with Crippen molar-refractivity contribution < 1.29 is 0 Å². The van der Waals surface area contributed by atoms with Crippen molar-refractivity contribution in [3.63, 3.8) is 0 Å².